The molecule has 1 N–H and O–H groups in total. The molecule has 6 nitrogen and oxygen atoms in total. The summed E-state index contributed by atoms with van der Waals surface area (Å²) in [7, 11) is 0. The quantitative estimate of drug-likeness (QED) is 0.604. The van der Waals surface area contributed by atoms with Gasteiger partial charge in [0.1, 0.15) is 12.2 Å². The van der Waals surface area contributed by atoms with E-state index in [9.17, 15) is 14.7 Å². The Morgan fingerprint density at radius 2 is 1.81 bits per heavy atom. The Kier molecular flexibility index (Phi) is 6.94. The molecule has 3 saturated carbocycles. The molecule has 0 bridgehead atoms. The van der Waals surface area contributed by atoms with E-state index < -0.39 is 6.10 Å². The number of esters is 2. The minimum atomic E-state index is -0.433. The van der Waals surface area contributed by atoms with Crippen molar-refractivity contribution in [2.75, 3.05) is 6.61 Å². The van der Waals surface area contributed by atoms with Crippen molar-refractivity contribution in [1.82, 2.24) is 0 Å². The Balaban J connectivity index is 1.46. The van der Waals surface area contributed by atoms with Crippen molar-refractivity contribution in [3.05, 3.63) is 0 Å². The van der Waals surface area contributed by atoms with E-state index in [4.69, 9.17) is 14.2 Å². The molecule has 3 aliphatic carbocycles. The number of fused-ring (bicyclic) bond motifs is 5. The molecule has 4 rings (SSSR count). The predicted octanol–water partition coefficient (Wildman–Crippen LogP) is 4.41. The molecule has 182 valence electrons. The number of ether oxygens (including phenoxy) is 3. The van der Waals surface area contributed by atoms with E-state index in [-0.39, 0.29) is 52.9 Å². The van der Waals surface area contributed by atoms with E-state index in [1.165, 1.54) is 0 Å². The number of rotatable bonds is 6. The number of unbranched alkanes of at least 4 members (excludes halogenated alkanes) is 1. The molecule has 9 atom stereocenters. The van der Waals surface area contributed by atoms with Crippen molar-refractivity contribution in [3.8, 4) is 0 Å². The van der Waals surface area contributed by atoms with Crippen LogP contribution in [0.5, 0.6) is 0 Å². The van der Waals surface area contributed by atoms with Crippen LogP contribution in [-0.2, 0) is 23.8 Å². The first kappa shape index (κ1) is 24.0. The summed E-state index contributed by atoms with van der Waals surface area (Å²) < 4.78 is 18.2. The fraction of sp³-hybridized carbons (Fsp3) is 0.923. The number of carbonyl (C=O) groups is 2. The first-order chi connectivity index (χ1) is 15.2. The molecule has 1 heterocycles. The fourth-order valence-electron chi connectivity index (χ4n) is 7.43. The lowest BCUT2D eigenvalue weighted by Crippen LogP contribution is -2.64. The smallest absolute Gasteiger partial charge is 0.306 e. The van der Waals surface area contributed by atoms with Gasteiger partial charge in [-0.2, -0.15) is 0 Å². The van der Waals surface area contributed by atoms with E-state index in [0.717, 1.165) is 51.4 Å². The first-order valence-corrected chi connectivity index (χ1v) is 12.9. The lowest BCUT2D eigenvalue weighted by atomic mass is 9.50. The van der Waals surface area contributed by atoms with Crippen LogP contribution in [0.4, 0.5) is 0 Å². The summed E-state index contributed by atoms with van der Waals surface area (Å²) in [5, 5.41) is 11.3. The number of hydrogen-bond acceptors (Lipinski definition) is 6. The third kappa shape index (κ3) is 4.11. The molecule has 32 heavy (non-hydrogen) atoms. The Morgan fingerprint density at radius 3 is 2.53 bits per heavy atom. The van der Waals surface area contributed by atoms with Crippen LogP contribution in [0.15, 0.2) is 0 Å². The van der Waals surface area contributed by atoms with Gasteiger partial charge in [0.15, 0.2) is 0 Å². The van der Waals surface area contributed by atoms with Gasteiger partial charge in [-0.1, -0.05) is 34.1 Å². The number of aliphatic hydroxyl groups is 1. The molecule has 0 aromatic heterocycles. The molecule has 5 unspecified atom stereocenters. The van der Waals surface area contributed by atoms with Crippen LogP contribution in [0.3, 0.4) is 0 Å². The van der Waals surface area contributed by atoms with E-state index in [2.05, 4.69) is 20.8 Å². The summed E-state index contributed by atoms with van der Waals surface area (Å²) >= 11 is 0. The van der Waals surface area contributed by atoms with Crippen molar-refractivity contribution in [2.45, 2.75) is 116 Å². The molecule has 0 aromatic rings. The summed E-state index contributed by atoms with van der Waals surface area (Å²) in [6.45, 7) is 8.98. The van der Waals surface area contributed by atoms with Crippen molar-refractivity contribution >= 4 is 11.9 Å². The maximum absolute atomic E-state index is 12.2. The summed E-state index contributed by atoms with van der Waals surface area (Å²) in [6, 6.07) is 0. The van der Waals surface area contributed by atoms with E-state index in [1.807, 2.05) is 6.92 Å². The molecule has 0 amide bonds. The Bertz CT molecular complexity index is 708. The van der Waals surface area contributed by atoms with Crippen LogP contribution in [0.2, 0.25) is 0 Å². The summed E-state index contributed by atoms with van der Waals surface area (Å²) in [5.41, 5.74) is -0.252. The van der Waals surface area contributed by atoms with E-state index in [1.54, 1.807) is 0 Å². The average Bonchev–Trinajstić information content (AvgIpc) is 3.09. The van der Waals surface area contributed by atoms with Crippen molar-refractivity contribution < 1.29 is 28.9 Å². The zero-order valence-corrected chi connectivity index (χ0v) is 20.3. The molecule has 0 spiro atoms. The second-order valence-electron chi connectivity index (χ2n) is 11.3. The maximum atomic E-state index is 12.2. The topological polar surface area (TPSA) is 82.1 Å². The van der Waals surface area contributed by atoms with Gasteiger partial charge in [0.05, 0.1) is 18.8 Å². The van der Waals surface area contributed by atoms with E-state index >= 15 is 0 Å². The highest BCUT2D eigenvalue weighted by Crippen LogP contribution is 2.62. The standard InChI is InChI=1S/C26H42O6/c1-5-7-8-22(29)31-17-11-12-25(3)16(13-17)14-19(27)23-18-9-10-20(32-21(28)6-2)26(18,4)15-30-24(23)25/h16-20,23-24,27H,5-15H2,1-4H3/t16?,17-,18?,19?,20-,23?,24?,25-,26-/m0/s1. The van der Waals surface area contributed by atoms with Gasteiger partial charge in [-0.3, -0.25) is 9.59 Å². The van der Waals surface area contributed by atoms with Gasteiger partial charge >= 0.3 is 11.9 Å². The third-order valence-electron chi connectivity index (χ3n) is 9.41. The summed E-state index contributed by atoms with van der Waals surface area (Å²) in [6.07, 6.45) is 7.34. The minimum Gasteiger partial charge on any atom is -0.462 e. The molecule has 4 fully saturated rings. The number of carbonyl (C=O) groups excluding carboxylic acids is 2. The van der Waals surface area contributed by atoms with Gasteiger partial charge in [0, 0.05) is 24.2 Å². The summed E-state index contributed by atoms with van der Waals surface area (Å²) in [4.78, 5) is 24.1. The highest BCUT2D eigenvalue weighted by atomic mass is 16.6. The monoisotopic (exact) mass is 450 g/mol. The second kappa shape index (κ2) is 9.25. The molecular weight excluding hydrogens is 408 g/mol. The van der Waals surface area contributed by atoms with Gasteiger partial charge in [-0.05, 0) is 62.2 Å². The number of aliphatic hydroxyl groups excluding tert-OH is 1. The molecular formula is C26H42O6. The predicted molar refractivity (Wildman–Crippen MR) is 120 cm³/mol. The molecule has 1 aliphatic heterocycles. The SMILES string of the molecule is CCCCC(=O)O[C@H]1CC[C@@]2(C)C(CC(O)C3C2OC[C@@]2(C)C3CC[C@@H]2OC(=O)CC)C1. The zero-order chi connectivity index (χ0) is 23.1. The zero-order valence-electron chi connectivity index (χ0n) is 20.3. The average molecular weight is 451 g/mol. The van der Waals surface area contributed by atoms with Gasteiger partial charge in [0.25, 0.3) is 0 Å². The molecule has 0 radical (unpaired) electrons. The van der Waals surface area contributed by atoms with Crippen LogP contribution < -0.4 is 0 Å². The van der Waals surface area contributed by atoms with Crippen LogP contribution in [0, 0.1) is 28.6 Å². The highest BCUT2D eigenvalue weighted by molar-refractivity contribution is 5.69. The highest BCUT2D eigenvalue weighted by Gasteiger charge is 2.64. The summed E-state index contributed by atoms with van der Waals surface area (Å²) in [5.74, 6) is 0.424. The molecule has 4 aliphatic rings. The number of hydrogen-bond donors (Lipinski definition) is 1. The van der Waals surface area contributed by atoms with Gasteiger partial charge in [-0.15, -0.1) is 0 Å². The van der Waals surface area contributed by atoms with Crippen LogP contribution in [0.1, 0.15) is 91.9 Å². The third-order valence-corrected chi connectivity index (χ3v) is 9.41. The normalized spacial score (nSPS) is 45.3. The second-order valence-corrected chi connectivity index (χ2v) is 11.3. The largest absolute Gasteiger partial charge is 0.462 e. The lowest BCUT2D eigenvalue weighted by Gasteiger charge is -2.61. The molecule has 0 aromatic carbocycles. The Hall–Kier alpha value is -1.14. The lowest BCUT2D eigenvalue weighted by molar-refractivity contribution is -0.254. The molecule has 6 heteroatoms. The fourth-order valence-corrected chi connectivity index (χ4v) is 7.43. The maximum Gasteiger partial charge on any atom is 0.306 e. The van der Waals surface area contributed by atoms with Crippen LogP contribution in [0.25, 0.3) is 0 Å². The molecule has 1 saturated heterocycles. The first-order valence-electron chi connectivity index (χ1n) is 12.9. The van der Waals surface area contributed by atoms with Gasteiger partial charge in [0.2, 0.25) is 0 Å². The Morgan fingerprint density at radius 1 is 1.03 bits per heavy atom. The van der Waals surface area contributed by atoms with Crippen molar-refractivity contribution in [1.29, 1.82) is 0 Å². The van der Waals surface area contributed by atoms with Crippen molar-refractivity contribution in [3.63, 3.8) is 0 Å². The van der Waals surface area contributed by atoms with Crippen LogP contribution in [-0.4, -0.2) is 48.1 Å². The van der Waals surface area contributed by atoms with Gasteiger partial charge < -0.3 is 19.3 Å². The Labute approximate surface area is 192 Å². The minimum absolute atomic E-state index is 0.00620. The van der Waals surface area contributed by atoms with E-state index in [0.29, 0.717) is 25.4 Å². The van der Waals surface area contributed by atoms with Gasteiger partial charge in [-0.25, -0.2) is 0 Å². The van der Waals surface area contributed by atoms with Crippen LogP contribution >= 0.6 is 0 Å². The van der Waals surface area contributed by atoms with Crippen molar-refractivity contribution in [2.24, 2.45) is 28.6 Å².